The second kappa shape index (κ2) is 4.53. The summed E-state index contributed by atoms with van der Waals surface area (Å²) < 4.78 is 38.3. The molecule has 0 radical (unpaired) electrons. The molecule has 0 aromatic heterocycles. The first-order valence-electron chi connectivity index (χ1n) is 2.89. The lowest BCUT2D eigenvalue weighted by Gasteiger charge is -2.13. The van der Waals surface area contributed by atoms with Crippen LogP contribution in [0.15, 0.2) is 0 Å². The molecule has 0 saturated heterocycles. The van der Waals surface area contributed by atoms with Crippen LogP contribution in [0, 0.1) is 0 Å². The molecule has 3 nitrogen and oxygen atoms in total. The van der Waals surface area contributed by atoms with Gasteiger partial charge in [-0.25, -0.2) is 0 Å². The summed E-state index contributed by atoms with van der Waals surface area (Å²) in [5, 5.41) is 16.5. The number of ether oxygens (including phenoxy) is 1. The molecule has 0 aliphatic heterocycles. The van der Waals surface area contributed by atoms with Crippen molar-refractivity contribution in [3.05, 3.63) is 0 Å². The highest BCUT2D eigenvalue weighted by atomic mass is 19.4. The zero-order valence-electron chi connectivity index (χ0n) is 5.64. The van der Waals surface area contributed by atoms with Gasteiger partial charge in [-0.3, -0.25) is 0 Å². The van der Waals surface area contributed by atoms with E-state index < -0.39 is 32.1 Å². The third kappa shape index (κ3) is 6.08. The summed E-state index contributed by atoms with van der Waals surface area (Å²) >= 11 is 0. The van der Waals surface area contributed by atoms with Crippen LogP contribution in [0.2, 0.25) is 0 Å². The molecule has 0 fully saturated rings. The zero-order chi connectivity index (χ0) is 8.91. The molecule has 0 atom stereocenters. The maximum atomic E-state index is 11.4. The van der Waals surface area contributed by atoms with Crippen LogP contribution in [-0.4, -0.2) is 42.3 Å². The van der Waals surface area contributed by atoms with Crippen molar-refractivity contribution in [2.75, 3.05) is 19.8 Å². The van der Waals surface area contributed by atoms with E-state index in [9.17, 15) is 13.2 Å². The molecule has 68 valence electrons. The molecule has 0 aliphatic carbocycles. The average Bonchev–Trinajstić information content (AvgIpc) is 1.88. The number of halogens is 3. The second-order valence-corrected chi connectivity index (χ2v) is 1.91. The van der Waals surface area contributed by atoms with E-state index in [1.165, 1.54) is 0 Å². The highest BCUT2D eigenvalue weighted by Crippen LogP contribution is 2.15. The van der Waals surface area contributed by atoms with Crippen LogP contribution in [0.5, 0.6) is 0 Å². The van der Waals surface area contributed by atoms with E-state index in [1.54, 1.807) is 0 Å². The number of aliphatic hydroxyl groups is 2. The van der Waals surface area contributed by atoms with Crippen molar-refractivity contribution in [1.82, 2.24) is 0 Å². The van der Waals surface area contributed by atoms with Gasteiger partial charge in [-0.1, -0.05) is 0 Å². The lowest BCUT2D eigenvalue weighted by Crippen LogP contribution is -2.28. The Balaban J connectivity index is 3.51. The van der Waals surface area contributed by atoms with E-state index in [1.807, 2.05) is 0 Å². The minimum Gasteiger partial charge on any atom is -0.394 e. The monoisotopic (exact) mass is 174 g/mol. The highest BCUT2D eigenvalue weighted by Gasteiger charge is 2.28. The second-order valence-electron chi connectivity index (χ2n) is 1.91. The smallest absolute Gasteiger partial charge is 0.394 e. The summed E-state index contributed by atoms with van der Waals surface area (Å²) in [7, 11) is 0. The molecular weight excluding hydrogens is 165 g/mol. The van der Waals surface area contributed by atoms with Crippen molar-refractivity contribution in [2.45, 2.75) is 12.3 Å². The SMILES string of the molecule is OCC(CO)OCC(F)(F)F. The molecule has 0 spiro atoms. The largest absolute Gasteiger partial charge is 0.411 e. The van der Waals surface area contributed by atoms with Crippen molar-refractivity contribution >= 4 is 0 Å². The van der Waals surface area contributed by atoms with Gasteiger partial charge < -0.3 is 14.9 Å². The third-order valence-corrected chi connectivity index (χ3v) is 0.890. The summed E-state index contributed by atoms with van der Waals surface area (Å²) in [4.78, 5) is 0. The highest BCUT2D eigenvalue weighted by molar-refractivity contribution is 4.54. The van der Waals surface area contributed by atoms with Crippen LogP contribution >= 0.6 is 0 Å². The van der Waals surface area contributed by atoms with Gasteiger partial charge in [0.05, 0.1) is 13.2 Å². The Kier molecular flexibility index (Phi) is 4.39. The predicted octanol–water partition coefficient (Wildman–Crippen LogP) is -0.0815. The summed E-state index contributed by atoms with van der Waals surface area (Å²) in [5.41, 5.74) is 0. The predicted molar refractivity (Wildman–Crippen MR) is 30.0 cm³/mol. The molecule has 0 saturated carbocycles. The van der Waals surface area contributed by atoms with Crippen LogP contribution in [0.1, 0.15) is 0 Å². The summed E-state index contributed by atoms with van der Waals surface area (Å²) in [5.74, 6) is 0. The topological polar surface area (TPSA) is 49.7 Å². The molecule has 6 heteroatoms. The Morgan fingerprint density at radius 2 is 1.64 bits per heavy atom. The van der Waals surface area contributed by atoms with Crippen molar-refractivity contribution in [3.8, 4) is 0 Å². The van der Waals surface area contributed by atoms with Crippen LogP contribution in [0.25, 0.3) is 0 Å². The van der Waals surface area contributed by atoms with Crippen LogP contribution in [-0.2, 0) is 4.74 Å². The molecule has 0 heterocycles. The van der Waals surface area contributed by atoms with Crippen molar-refractivity contribution < 1.29 is 28.1 Å². The van der Waals surface area contributed by atoms with Crippen LogP contribution in [0.3, 0.4) is 0 Å². The van der Waals surface area contributed by atoms with Gasteiger partial charge in [0.2, 0.25) is 0 Å². The standard InChI is InChI=1S/C5H9F3O3/c6-5(7,8)3-11-4(1-9)2-10/h4,9-10H,1-3H2. The normalized spacial score (nSPS) is 12.5. The molecule has 0 bridgehead atoms. The van der Waals surface area contributed by atoms with E-state index in [2.05, 4.69) is 4.74 Å². The summed E-state index contributed by atoms with van der Waals surface area (Å²) in [6, 6.07) is 0. The lowest BCUT2D eigenvalue weighted by molar-refractivity contribution is -0.191. The van der Waals surface area contributed by atoms with E-state index in [0.717, 1.165) is 0 Å². The quantitative estimate of drug-likeness (QED) is 0.626. The third-order valence-electron chi connectivity index (χ3n) is 0.890. The van der Waals surface area contributed by atoms with Gasteiger partial charge in [0.1, 0.15) is 12.7 Å². The first-order valence-corrected chi connectivity index (χ1v) is 2.89. The van der Waals surface area contributed by atoms with E-state index in [0.29, 0.717) is 0 Å². The maximum absolute atomic E-state index is 11.4. The van der Waals surface area contributed by atoms with E-state index in [4.69, 9.17) is 10.2 Å². The fourth-order valence-corrected chi connectivity index (χ4v) is 0.375. The molecule has 11 heavy (non-hydrogen) atoms. The zero-order valence-corrected chi connectivity index (χ0v) is 5.64. The van der Waals surface area contributed by atoms with E-state index in [-0.39, 0.29) is 0 Å². The number of alkyl halides is 3. The van der Waals surface area contributed by atoms with Crippen molar-refractivity contribution in [3.63, 3.8) is 0 Å². The number of rotatable bonds is 4. The molecule has 0 aliphatic rings. The summed E-state index contributed by atoms with van der Waals surface area (Å²) in [6.07, 6.45) is -5.56. The first-order chi connectivity index (χ1) is 4.99. The van der Waals surface area contributed by atoms with Gasteiger partial charge >= 0.3 is 6.18 Å². The maximum Gasteiger partial charge on any atom is 0.411 e. The van der Waals surface area contributed by atoms with Gasteiger partial charge in [-0.2, -0.15) is 13.2 Å². The van der Waals surface area contributed by atoms with Gasteiger partial charge in [0, 0.05) is 0 Å². The molecule has 0 amide bonds. The van der Waals surface area contributed by atoms with Gasteiger partial charge in [-0.05, 0) is 0 Å². The summed E-state index contributed by atoms with van der Waals surface area (Å²) in [6.45, 7) is -2.68. The molecule has 0 aromatic carbocycles. The Hall–Kier alpha value is -0.330. The molecule has 0 aromatic rings. The van der Waals surface area contributed by atoms with Crippen LogP contribution in [0.4, 0.5) is 13.2 Å². The molecule has 0 rings (SSSR count). The molecule has 0 unspecified atom stereocenters. The Morgan fingerprint density at radius 1 is 1.18 bits per heavy atom. The minimum absolute atomic E-state index is 0.618. The fraction of sp³-hybridized carbons (Fsp3) is 1.00. The number of hydrogen-bond acceptors (Lipinski definition) is 3. The molecule has 2 N–H and O–H groups in total. The van der Waals surface area contributed by atoms with Crippen molar-refractivity contribution in [1.29, 1.82) is 0 Å². The minimum atomic E-state index is -4.41. The van der Waals surface area contributed by atoms with Gasteiger partial charge in [0.25, 0.3) is 0 Å². The van der Waals surface area contributed by atoms with Crippen molar-refractivity contribution in [2.24, 2.45) is 0 Å². The van der Waals surface area contributed by atoms with Gasteiger partial charge in [0.15, 0.2) is 0 Å². The first kappa shape index (κ1) is 10.7. The van der Waals surface area contributed by atoms with Crippen LogP contribution < -0.4 is 0 Å². The molecular formula is C5H9F3O3. The van der Waals surface area contributed by atoms with Gasteiger partial charge in [-0.15, -0.1) is 0 Å². The Morgan fingerprint density at radius 3 is 1.91 bits per heavy atom. The lowest BCUT2D eigenvalue weighted by atomic mass is 10.4. The Bertz CT molecular complexity index is 99.6. The average molecular weight is 174 g/mol. The Labute approximate surface area is 61.4 Å². The van der Waals surface area contributed by atoms with E-state index >= 15 is 0 Å². The fourth-order valence-electron chi connectivity index (χ4n) is 0.375. The number of aliphatic hydroxyl groups excluding tert-OH is 2. The number of hydrogen-bond donors (Lipinski definition) is 2.